The number of methoxy groups -OCH3 is 1. The molecule has 5 heteroatoms. The van der Waals surface area contributed by atoms with Gasteiger partial charge in [-0.05, 0) is 12.1 Å². The van der Waals surface area contributed by atoms with Crippen LogP contribution in [0, 0.1) is 0 Å². The number of benzene rings is 1. The largest absolute Gasteiger partial charge is 0.465 e. The minimum absolute atomic E-state index is 0.351. The summed E-state index contributed by atoms with van der Waals surface area (Å²) in [5.41, 5.74) is 7.22. The SMILES string of the molecule is COC(=O)c1cc2nn(C)cc2cc1N. The fourth-order valence-corrected chi connectivity index (χ4v) is 1.50. The number of hydrogen-bond donors (Lipinski definition) is 1. The van der Waals surface area contributed by atoms with E-state index in [1.54, 1.807) is 16.8 Å². The molecule has 0 fully saturated rings. The summed E-state index contributed by atoms with van der Waals surface area (Å²) in [6, 6.07) is 3.35. The average molecular weight is 205 g/mol. The lowest BCUT2D eigenvalue weighted by Gasteiger charge is -2.02. The number of aromatic nitrogens is 2. The Balaban J connectivity index is 2.66. The third-order valence-electron chi connectivity index (χ3n) is 2.20. The topological polar surface area (TPSA) is 70.1 Å². The molecule has 15 heavy (non-hydrogen) atoms. The predicted octanol–water partition coefficient (Wildman–Crippen LogP) is 0.942. The van der Waals surface area contributed by atoms with Gasteiger partial charge in [0.05, 0.1) is 18.2 Å². The Morgan fingerprint density at radius 1 is 1.53 bits per heavy atom. The number of carbonyl (C=O) groups excluding carboxylic acids is 1. The van der Waals surface area contributed by atoms with Gasteiger partial charge in [-0.25, -0.2) is 4.79 Å². The molecule has 0 unspecified atom stereocenters. The zero-order valence-electron chi connectivity index (χ0n) is 8.52. The molecular formula is C10H11N3O2. The molecule has 2 N–H and O–H groups in total. The Morgan fingerprint density at radius 2 is 2.27 bits per heavy atom. The molecule has 0 spiro atoms. The molecule has 0 amide bonds. The van der Waals surface area contributed by atoms with Crippen LogP contribution in [0.15, 0.2) is 18.3 Å². The van der Waals surface area contributed by atoms with Crippen LogP contribution in [0.25, 0.3) is 10.9 Å². The van der Waals surface area contributed by atoms with Crippen LogP contribution in [0.2, 0.25) is 0 Å². The van der Waals surface area contributed by atoms with Crippen LogP contribution in [-0.2, 0) is 11.8 Å². The number of anilines is 1. The first kappa shape index (κ1) is 9.51. The van der Waals surface area contributed by atoms with E-state index in [1.165, 1.54) is 7.11 Å². The lowest BCUT2D eigenvalue weighted by molar-refractivity contribution is 0.0602. The van der Waals surface area contributed by atoms with Crippen molar-refractivity contribution in [2.24, 2.45) is 7.05 Å². The monoisotopic (exact) mass is 205 g/mol. The van der Waals surface area contributed by atoms with Crippen LogP contribution >= 0.6 is 0 Å². The molecular weight excluding hydrogens is 194 g/mol. The van der Waals surface area contributed by atoms with Gasteiger partial charge in [0.2, 0.25) is 0 Å². The smallest absolute Gasteiger partial charge is 0.340 e. The van der Waals surface area contributed by atoms with Gasteiger partial charge in [-0.3, -0.25) is 4.68 Å². The Bertz CT molecular complexity index is 531. The summed E-state index contributed by atoms with van der Waals surface area (Å²) >= 11 is 0. The van der Waals surface area contributed by atoms with Crippen molar-refractivity contribution in [3.63, 3.8) is 0 Å². The highest BCUT2D eigenvalue weighted by atomic mass is 16.5. The highest BCUT2D eigenvalue weighted by Gasteiger charge is 2.12. The molecule has 0 saturated carbocycles. The zero-order valence-corrected chi connectivity index (χ0v) is 8.52. The predicted molar refractivity (Wildman–Crippen MR) is 56.5 cm³/mol. The maximum absolute atomic E-state index is 11.3. The van der Waals surface area contributed by atoms with Gasteiger partial charge in [-0.15, -0.1) is 0 Å². The van der Waals surface area contributed by atoms with Gasteiger partial charge in [-0.1, -0.05) is 0 Å². The zero-order chi connectivity index (χ0) is 11.0. The molecule has 0 bridgehead atoms. The molecule has 1 aromatic heterocycles. The maximum Gasteiger partial charge on any atom is 0.340 e. The second kappa shape index (κ2) is 3.27. The third-order valence-corrected chi connectivity index (χ3v) is 2.20. The van der Waals surface area contributed by atoms with Gasteiger partial charge in [0.15, 0.2) is 0 Å². The van der Waals surface area contributed by atoms with E-state index in [9.17, 15) is 4.79 Å². The number of nitrogen functional groups attached to an aromatic ring is 1. The molecule has 0 aliphatic carbocycles. The van der Waals surface area contributed by atoms with Gasteiger partial charge >= 0.3 is 5.97 Å². The molecule has 5 nitrogen and oxygen atoms in total. The summed E-state index contributed by atoms with van der Waals surface area (Å²) < 4.78 is 6.29. The summed E-state index contributed by atoms with van der Waals surface area (Å²) in [6.45, 7) is 0. The Labute approximate surface area is 86.4 Å². The first-order chi connectivity index (χ1) is 7.11. The number of aryl methyl sites for hydroxylation is 1. The van der Waals surface area contributed by atoms with E-state index in [0.29, 0.717) is 11.3 Å². The number of rotatable bonds is 1. The van der Waals surface area contributed by atoms with Crippen molar-refractivity contribution in [3.05, 3.63) is 23.9 Å². The number of fused-ring (bicyclic) bond motifs is 1. The lowest BCUT2D eigenvalue weighted by atomic mass is 10.1. The molecule has 0 aliphatic heterocycles. The average Bonchev–Trinajstić information content (AvgIpc) is 2.55. The van der Waals surface area contributed by atoms with Gasteiger partial charge in [0.25, 0.3) is 0 Å². The van der Waals surface area contributed by atoms with Crippen LogP contribution in [0.1, 0.15) is 10.4 Å². The third kappa shape index (κ3) is 1.52. The van der Waals surface area contributed by atoms with E-state index >= 15 is 0 Å². The van der Waals surface area contributed by atoms with Crippen molar-refractivity contribution >= 4 is 22.6 Å². The van der Waals surface area contributed by atoms with E-state index in [2.05, 4.69) is 9.84 Å². The van der Waals surface area contributed by atoms with Gasteiger partial charge in [0, 0.05) is 24.3 Å². The molecule has 0 atom stereocenters. The highest BCUT2D eigenvalue weighted by Crippen LogP contribution is 2.21. The van der Waals surface area contributed by atoms with Crippen LogP contribution in [0.3, 0.4) is 0 Å². The summed E-state index contributed by atoms with van der Waals surface area (Å²) in [6.07, 6.45) is 1.84. The fourth-order valence-electron chi connectivity index (χ4n) is 1.50. The van der Waals surface area contributed by atoms with Gasteiger partial charge < -0.3 is 10.5 Å². The van der Waals surface area contributed by atoms with E-state index < -0.39 is 5.97 Å². The number of nitrogens with zero attached hydrogens (tertiary/aromatic N) is 2. The Hall–Kier alpha value is -2.04. The summed E-state index contributed by atoms with van der Waals surface area (Å²) in [4.78, 5) is 11.3. The van der Waals surface area contributed by atoms with Crippen LogP contribution in [-0.4, -0.2) is 22.9 Å². The molecule has 1 aromatic carbocycles. The second-order valence-electron chi connectivity index (χ2n) is 3.29. The van der Waals surface area contributed by atoms with E-state index in [-0.39, 0.29) is 0 Å². The summed E-state index contributed by atoms with van der Waals surface area (Å²) in [7, 11) is 3.14. The molecule has 0 saturated heterocycles. The van der Waals surface area contributed by atoms with Crippen molar-refractivity contribution < 1.29 is 9.53 Å². The maximum atomic E-state index is 11.3. The number of carbonyl (C=O) groups is 1. The number of hydrogen-bond acceptors (Lipinski definition) is 4. The fraction of sp³-hybridized carbons (Fsp3) is 0.200. The Morgan fingerprint density at radius 3 is 2.93 bits per heavy atom. The first-order valence-electron chi connectivity index (χ1n) is 4.43. The van der Waals surface area contributed by atoms with Crippen LogP contribution < -0.4 is 5.73 Å². The normalized spacial score (nSPS) is 10.5. The van der Waals surface area contributed by atoms with E-state index in [0.717, 1.165) is 10.9 Å². The molecule has 0 aliphatic rings. The highest BCUT2D eigenvalue weighted by molar-refractivity contribution is 6.00. The van der Waals surface area contributed by atoms with E-state index in [1.807, 2.05) is 13.2 Å². The quantitative estimate of drug-likeness (QED) is 0.555. The molecule has 2 rings (SSSR count). The van der Waals surface area contributed by atoms with Gasteiger partial charge in [-0.2, -0.15) is 5.10 Å². The van der Waals surface area contributed by atoms with Crippen molar-refractivity contribution in [2.45, 2.75) is 0 Å². The minimum Gasteiger partial charge on any atom is -0.465 e. The molecule has 78 valence electrons. The van der Waals surface area contributed by atoms with Crippen molar-refractivity contribution in [2.75, 3.05) is 12.8 Å². The number of esters is 1. The molecule has 1 heterocycles. The van der Waals surface area contributed by atoms with E-state index in [4.69, 9.17) is 5.73 Å². The first-order valence-corrected chi connectivity index (χ1v) is 4.43. The summed E-state index contributed by atoms with van der Waals surface area (Å²) in [5.74, 6) is -0.444. The number of ether oxygens (including phenoxy) is 1. The summed E-state index contributed by atoms with van der Waals surface area (Å²) in [5, 5.41) is 5.09. The standard InChI is InChI=1S/C10H11N3O2/c1-13-5-6-3-8(11)7(10(14)15-2)4-9(6)12-13/h3-5H,11H2,1-2H3. The van der Waals surface area contributed by atoms with Crippen molar-refractivity contribution in [3.8, 4) is 0 Å². The van der Waals surface area contributed by atoms with Crippen LogP contribution in [0.5, 0.6) is 0 Å². The molecule has 0 radical (unpaired) electrons. The Kier molecular flexibility index (Phi) is 2.07. The van der Waals surface area contributed by atoms with Gasteiger partial charge in [0.1, 0.15) is 0 Å². The number of nitrogens with two attached hydrogens (primary N) is 1. The van der Waals surface area contributed by atoms with Crippen molar-refractivity contribution in [1.29, 1.82) is 0 Å². The van der Waals surface area contributed by atoms with Crippen LogP contribution in [0.4, 0.5) is 5.69 Å². The molecule has 2 aromatic rings. The minimum atomic E-state index is -0.444. The lowest BCUT2D eigenvalue weighted by Crippen LogP contribution is -2.05. The van der Waals surface area contributed by atoms with Crippen molar-refractivity contribution in [1.82, 2.24) is 9.78 Å². The second-order valence-corrected chi connectivity index (χ2v) is 3.29.